The highest BCUT2D eigenvalue weighted by Gasteiger charge is 2.30. The highest BCUT2D eigenvalue weighted by molar-refractivity contribution is 5.78. The maximum Gasteiger partial charge on any atom is 0.249 e. The molecule has 0 bridgehead atoms. The van der Waals surface area contributed by atoms with Gasteiger partial charge < -0.3 is 15.0 Å². The van der Waals surface area contributed by atoms with E-state index in [0.29, 0.717) is 24.1 Å². The Hall–Kier alpha value is -2.61. The molecule has 0 radical (unpaired) electrons. The van der Waals surface area contributed by atoms with Crippen LogP contribution in [0.25, 0.3) is 0 Å². The van der Waals surface area contributed by atoms with Gasteiger partial charge in [-0.05, 0) is 46.1 Å². The van der Waals surface area contributed by atoms with E-state index in [2.05, 4.69) is 25.3 Å². The number of likely N-dealkylation sites (tertiary alicyclic amines) is 1. The summed E-state index contributed by atoms with van der Waals surface area (Å²) in [6, 6.07) is 3.64. The number of rotatable bonds is 5. The lowest BCUT2D eigenvalue weighted by atomic mass is 10.0. The Morgan fingerprint density at radius 3 is 2.52 bits per heavy atom. The van der Waals surface area contributed by atoms with E-state index < -0.39 is 0 Å². The molecule has 3 heterocycles. The van der Waals surface area contributed by atoms with Gasteiger partial charge >= 0.3 is 0 Å². The summed E-state index contributed by atoms with van der Waals surface area (Å²) < 4.78 is 5.03. The van der Waals surface area contributed by atoms with Gasteiger partial charge in [0.05, 0.1) is 6.04 Å². The van der Waals surface area contributed by atoms with Crippen molar-refractivity contribution in [3.63, 3.8) is 0 Å². The van der Waals surface area contributed by atoms with E-state index in [4.69, 9.17) is 4.74 Å². The predicted octanol–water partition coefficient (Wildman–Crippen LogP) is 2.64. The predicted molar refractivity (Wildman–Crippen MR) is 102 cm³/mol. The Labute approximate surface area is 159 Å². The van der Waals surface area contributed by atoms with Gasteiger partial charge in [-0.15, -0.1) is 0 Å². The number of methoxy groups -OCH3 is 1. The van der Waals surface area contributed by atoms with Gasteiger partial charge in [-0.2, -0.15) is 0 Å². The Balaban J connectivity index is 1.88. The molecule has 1 aliphatic rings. The fourth-order valence-corrected chi connectivity index (χ4v) is 3.41. The first-order chi connectivity index (χ1) is 13.0. The lowest BCUT2D eigenvalue weighted by Gasteiger charge is -2.34. The van der Waals surface area contributed by atoms with Gasteiger partial charge in [-0.1, -0.05) is 0 Å². The molecule has 2 aromatic heterocycles. The first kappa shape index (κ1) is 19.2. The third kappa shape index (κ3) is 4.77. The summed E-state index contributed by atoms with van der Waals surface area (Å²) in [7, 11) is 1.53. The number of aromatic nitrogens is 4. The molecule has 0 aliphatic carbocycles. The number of hydrogen-bond donors (Lipinski definition) is 1. The number of amides is 1. The van der Waals surface area contributed by atoms with Crippen molar-refractivity contribution >= 4 is 17.7 Å². The molecule has 0 aromatic carbocycles. The van der Waals surface area contributed by atoms with Crippen LogP contribution in [0.4, 0.5) is 11.8 Å². The third-order valence-corrected chi connectivity index (χ3v) is 4.48. The number of carbonyl (C=O) groups is 1. The monoisotopic (exact) mass is 370 g/mol. The van der Waals surface area contributed by atoms with E-state index >= 15 is 0 Å². The first-order valence-corrected chi connectivity index (χ1v) is 9.19. The van der Waals surface area contributed by atoms with Crippen LogP contribution in [-0.4, -0.2) is 51.0 Å². The highest BCUT2D eigenvalue weighted by atomic mass is 16.5. The Kier molecular flexibility index (Phi) is 5.95. The summed E-state index contributed by atoms with van der Waals surface area (Å²) in [5.74, 6) is 1.75. The molecular formula is C19H26N6O2. The number of aryl methyl sites for hydroxylation is 3. The van der Waals surface area contributed by atoms with Gasteiger partial charge in [0.2, 0.25) is 11.9 Å². The van der Waals surface area contributed by atoms with Crippen LogP contribution in [0.1, 0.15) is 48.2 Å². The van der Waals surface area contributed by atoms with Crippen LogP contribution >= 0.6 is 0 Å². The Morgan fingerprint density at radius 2 is 1.81 bits per heavy atom. The number of anilines is 2. The van der Waals surface area contributed by atoms with Crippen molar-refractivity contribution < 1.29 is 9.53 Å². The lowest BCUT2D eigenvalue weighted by Crippen LogP contribution is -2.41. The Bertz CT molecular complexity index is 806. The topological polar surface area (TPSA) is 93.1 Å². The van der Waals surface area contributed by atoms with Crippen molar-refractivity contribution in [2.45, 2.75) is 46.1 Å². The van der Waals surface area contributed by atoms with Crippen molar-refractivity contribution in [2.24, 2.45) is 0 Å². The van der Waals surface area contributed by atoms with Crippen LogP contribution in [0.3, 0.4) is 0 Å². The average Bonchev–Trinajstić information content (AvgIpc) is 2.60. The van der Waals surface area contributed by atoms with Crippen molar-refractivity contribution in [1.29, 1.82) is 0 Å². The van der Waals surface area contributed by atoms with E-state index in [1.54, 1.807) is 0 Å². The van der Waals surface area contributed by atoms with Crippen LogP contribution in [0.15, 0.2) is 12.1 Å². The molecule has 3 rings (SSSR count). The Morgan fingerprint density at radius 1 is 1.11 bits per heavy atom. The molecule has 1 unspecified atom stereocenters. The number of carbonyl (C=O) groups excluding carboxylic acids is 1. The molecule has 144 valence electrons. The minimum Gasteiger partial charge on any atom is -0.375 e. The van der Waals surface area contributed by atoms with Crippen molar-refractivity contribution in [1.82, 2.24) is 24.8 Å². The van der Waals surface area contributed by atoms with Crippen LogP contribution < -0.4 is 5.32 Å². The molecule has 0 saturated carbocycles. The SMILES string of the molecule is COCC(=O)N1CCCCC1c1nc(C)cc(Nc2nc(C)cc(C)n2)n1. The number of hydrogen-bond acceptors (Lipinski definition) is 7. The molecule has 8 heteroatoms. The fourth-order valence-electron chi connectivity index (χ4n) is 3.41. The quantitative estimate of drug-likeness (QED) is 0.865. The molecule has 1 atom stereocenters. The lowest BCUT2D eigenvalue weighted by molar-refractivity contribution is -0.139. The zero-order valence-electron chi connectivity index (χ0n) is 16.3. The molecule has 1 aliphatic heterocycles. The maximum absolute atomic E-state index is 12.4. The van der Waals surface area contributed by atoms with E-state index in [1.165, 1.54) is 7.11 Å². The third-order valence-electron chi connectivity index (χ3n) is 4.48. The van der Waals surface area contributed by atoms with Gasteiger partial charge in [-0.3, -0.25) is 4.79 Å². The second kappa shape index (κ2) is 8.39. The number of ether oxygens (including phenoxy) is 1. The summed E-state index contributed by atoms with van der Waals surface area (Å²) in [4.78, 5) is 32.3. The first-order valence-electron chi connectivity index (χ1n) is 9.19. The normalized spacial score (nSPS) is 17.0. The average molecular weight is 370 g/mol. The standard InChI is InChI=1S/C19H26N6O2/c1-12-9-13(2)22-19(21-12)24-16-10-14(3)20-18(23-16)15-7-5-6-8-25(15)17(26)11-27-4/h9-10,15H,5-8,11H2,1-4H3,(H,20,21,22,23,24). The zero-order chi connectivity index (χ0) is 19.4. The molecule has 2 aromatic rings. The second-order valence-electron chi connectivity index (χ2n) is 6.88. The number of nitrogens with one attached hydrogen (secondary N) is 1. The van der Waals surface area contributed by atoms with E-state index in [-0.39, 0.29) is 18.6 Å². The van der Waals surface area contributed by atoms with Crippen LogP contribution in [0.2, 0.25) is 0 Å². The highest BCUT2D eigenvalue weighted by Crippen LogP contribution is 2.30. The smallest absolute Gasteiger partial charge is 0.249 e. The number of piperidine rings is 1. The van der Waals surface area contributed by atoms with Gasteiger partial charge in [0.25, 0.3) is 0 Å². The maximum atomic E-state index is 12.4. The molecule has 1 saturated heterocycles. The number of nitrogens with zero attached hydrogens (tertiary/aromatic N) is 5. The van der Waals surface area contributed by atoms with E-state index in [9.17, 15) is 4.79 Å². The molecule has 1 amide bonds. The van der Waals surface area contributed by atoms with Gasteiger partial charge in [0.1, 0.15) is 12.4 Å². The van der Waals surface area contributed by atoms with Crippen molar-refractivity contribution in [3.8, 4) is 0 Å². The molecule has 27 heavy (non-hydrogen) atoms. The zero-order valence-corrected chi connectivity index (χ0v) is 16.3. The molecule has 0 spiro atoms. The molecular weight excluding hydrogens is 344 g/mol. The van der Waals surface area contributed by atoms with Crippen LogP contribution in [-0.2, 0) is 9.53 Å². The van der Waals surface area contributed by atoms with E-state index in [1.807, 2.05) is 37.8 Å². The van der Waals surface area contributed by atoms with Crippen LogP contribution in [0, 0.1) is 20.8 Å². The van der Waals surface area contributed by atoms with Crippen molar-refractivity contribution in [2.75, 3.05) is 25.6 Å². The minimum atomic E-state index is -0.137. The summed E-state index contributed by atoms with van der Waals surface area (Å²) in [6.07, 6.45) is 2.87. The summed E-state index contributed by atoms with van der Waals surface area (Å²) in [5.41, 5.74) is 2.61. The minimum absolute atomic E-state index is 0.0283. The molecule has 1 fully saturated rings. The van der Waals surface area contributed by atoms with Gasteiger partial charge in [0, 0.05) is 36.8 Å². The summed E-state index contributed by atoms with van der Waals surface area (Å²) in [5, 5.41) is 3.17. The van der Waals surface area contributed by atoms with Crippen LogP contribution in [0.5, 0.6) is 0 Å². The molecule has 1 N–H and O–H groups in total. The van der Waals surface area contributed by atoms with E-state index in [0.717, 1.165) is 36.3 Å². The van der Waals surface area contributed by atoms with Crippen molar-refractivity contribution in [3.05, 3.63) is 35.0 Å². The van der Waals surface area contributed by atoms with Gasteiger partial charge in [-0.25, -0.2) is 19.9 Å². The van der Waals surface area contributed by atoms with Gasteiger partial charge in [0.15, 0.2) is 5.82 Å². The summed E-state index contributed by atoms with van der Waals surface area (Å²) >= 11 is 0. The largest absolute Gasteiger partial charge is 0.375 e. The molecule has 8 nitrogen and oxygen atoms in total. The fraction of sp³-hybridized carbons (Fsp3) is 0.526. The second-order valence-corrected chi connectivity index (χ2v) is 6.88. The summed E-state index contributed by atoms with van der Waals surface area (Å²) in [6.45, 7) is 6.55.